The number of nitrogens with zero attached hydrogens (tertiary/aromatic N) is 1. The van der Waals surface area contributed by atoms with Crippen LogP contribution in [-0.4, -0.2) is 35.3 Å². The van der Waals surface area contributed by atoms with Crippen LogP contribution in [-0.2, 0) is 4.79 Å². The molecule has 0 fully saturated rings. The number of rotatable bonds is 4. The van der Waals surface area contributed by atoms with Crippen molar-refractivity contribution in [2.24, 2.45) is 0 Å². The minimum atomic E-state index is -0.349. The molecule has 0 bridgehead atoms. The molecule has 2 amide bonds. The Morgan fingerprint density at radius 2 is 2.00 bits per heavy atom. The first-order valence-corrected chi connectivity index (χ1v) is 6.46. The summed E-state index contributed by atoms with van der Waals surface area (Å²) in [5.41, 5.74) is -0.326. The summed E-state index contributed by atoms with van der Waals surface area (Å²) >= 11 is 5.63. The van der Waals surface area contributed by atoms with Crippen LogP contribution in [0.25, 0.3) is 0 Å². The molecule has 0 saturated carbocycles. The van der Waals surface area contributed by atoms with Crippen molar-refractivity contribution >= 4 is 23.4 Å². The predicted molar refractivity (Wildman–Crippen MR) is 73.2 cm³/mol. The van der Waals surface area contributed by atoms with Gasteiger partial charge in [0, 0.05) is 12.1 Å². The molecule has 1 rings (SSSR count). The summed E-state index contributed by atoms with van der Waals surface area (Å²) < 4.78 is 5.05. The van der Waals surface area contributed by atoms with Gasteiger partial charge in [-0.25, -0.2) is 0 Å². The Hall–Kier alpha value is -1.49. The van der Waals surface area contributed by atoms with E-state index in [1.54, 1.807) is 6.92 Å². The van der Waals surface area contributed by atoms with E-state index < -0.39 is 0 Å². The molecular formula is C13H19ClN2O3. The fourth-order valence-electron chi connectivity index (χ4n) is 1.54. The number of likely N-dealkylation sites (N-methyl/N-ethyl adjacent to an activating group) is 1. The number of carbonyl (C=O) groups is 2. The van der Waals surface area contributed by atoms with Crippen LogP contribution >= 0.6 is 11.6 Å². The number of carbonyl (C=O) groups excluding carboxylic acids is 2. The number of amides is 2. The molecular weight excluding hydrogens is 268 g/mol. The highest BCUT2D eigenvalue weighted by atomic mass is 35.5. The molecule has 1 heterocycles. The first-order valence-electron chi connectivity index (χ1n) is 6.08. The molecule has 6 heteroatoms. The zero-order valence-corrected chi connectivity index (χ0v) is 12.4. The second kappa shape index (κ2) is 6.10. The van der Waals surface area contributed by atoms with E-state index in [0.717, 1.165) is 0 Å². The predicted octanol–water partition coefficient (Wildman–Crippen LogP) is 2.31. The molecule has 1 aromatic heterocycles. The highest BCUT2D eigenvalue weighted by Crippen LogP contribution is 2.15. The molecule has 0 unspecified atom stereocenters. The second-order valence-corrected chi connectivity index (χ2v) is 5.59. The lowest BCUT2D eigenvalue weighted by Crippen LogP contribution is -2.47. The number of hydrogen-bond donors (Lipinski definition) is 1. The van der Waals surface area contributed by atoms with Gasteiger partial charge in [0.25, 0.3) is 5.91 Å². The summed E-state index contributed by atoms with van der Waals surface area (Å²) in [4.78, 5) is 25.3. The van der Waals surface area contributed by atoms with Crippen LogP contribution < -0.4 is 5.32 Å². The maximum Gasteiger partial charge on any atom is 0.290 e. The van der Waals surface area contributed by atoms with E-state index in [4.69, 9.17) is 16.0 Å². The van der Waals surface area contributed by atoms with Gasteiger partial charge in [0.05, 0.1) is 6.54 Å². The van der Waals surface area contributed by atoms with Crippen LogP contribution in [0.4, 0.5) is 0 Å². The van der Waals surface area contributed by atoms with Crippen LogP contribution in [0, 0.1) is 0 Å². The average Bonchev–Trinajstić information content (AvgIpc) is 2.69. The Morgan fingerprint density at radius 1 is 1.37 bits per heavy atom. The highest BCUT2D eigenvalue weighted by Gasteiger charge is 2.22. The lowest BCUT2D eigenvalue weighted by molar-refractivity contribution is -0.123. The van der Waals surface area contributed by atoms with Gasteiger partial charge in [0.2, 0.25) is 5.91 Å². The van der Waals surface area contributed by atoms with Gasteiger partial charge in [-0.15, -0.1) is 0 Å². The Labute approximate surface area is 117 Å². The summed E-state index contributed by atoms with van der Waals surface area (Å²) in [6, 6.07) is 2.99. The van der Waals surface area contributed by atoms with Crippen molar-refractivity contribution in [2.75, 3.05) is 13.1 Å². The third kappa shape index (κ3) is 4.95. The number of furan rings is 1. The smallest absolute Gasteiger partial charge is 0.290 e. The molecule has 0 radical (unpaired) electrons. The molecule has 0 spiro atoms. The highest BCUT2D eigenvalue weighted by molar-refractivity contribution is 6.29. The van der Waals surface area contributed by atoms with Gasteiger partial charge >= 0.3 is 0 Å². The quantitative estimate of drug-likeness (QED) is 0.924. The lowest BCUT2D eigenvalue weighted by Gasteiger charge is -2.24. The van der Waals surface area contributed by atoms with E-state index in [1.165, 1.54) is 17.0 Å². The largest absolute Gasteiger partial charge is 0.440 e. The van der Waals surface area contributed by atoms with E-state index in [9.17, 15) is 9.59 Å². The summed E-state index contributed by atoms with van der Waals surface area (Å²) in [6.45, 7) is 7.85. The molecule has 0 aliphatic rings. The van der Waals surface area contributed by atoms with Gasteiger partial charge < -0.3 is 14.6 Å². The minimum Gasteiger partial charge on any atom is -0.440 e. The maximum absolute atomic E-state index is 12.1. The van der Waals surface area contributed by atoms with Gasteiger partial charge in [0.15, 0.2) is 11.0 Å². The Balaban J connectivity index is 2.68. The van der Waals surface area contributed by atoms with Crippen LogP contribution in [0.15, 0.2) is 16.5 Å². The summed E-state index contributed by atoms with van der Waals surface area (Å²) in [7, 11) is 0. The van der Waals surface area contributed by atoms with E-state index >= 15 is 0 Å². The Bertz CT molecular complexity index is 463. The molecule has 0 atom stereocenters. The van der Waals surface area contributed by atoms with Crippen LogP contribution in [0.5, 0.6) is 0 Å². The van der Waals surface area contributed by atoms with Crippen molar-refractivity contribution in [1.29, 1.82) is 0 Å². The first-order chi connectivity index (χ1) is 8.73. The molecule has 1 aromatic rings. The van der Waals surface area contributed by atoms with Gasteiger partial charge in [-0.2, -0.15) is 0 Å². The summed E-state index contributed by atoms with van der Waals surface area (Å²) in [5.74, 6) is -0.422. The molecule has 0 saturated heterocycles. The SMILES string of the molecule is CCN(CC(=O)NC(C)(C)C)C(=O)c1ccc(Cl)o1. The van der Waals surface area contributed by atoms with Gasteiger partial charge in [-0.3, -0.25) is 9.59 Å². The monoisotopic (exact) mass is 286 g/mol. The fourth-order valence-corrected chi connectivity index (χ4v) is 1.69. The molecule has 0 aromatic carbocycles. The van der Waals surface area contributed by atoms with Crippen molar-refractivity contribution in [3.8, 4) is 0 Å². The van der Waals surface area contributed by atoms with Crippen molar-refractivity contribution in [3.63, 3.8) is 0 Å². The van der Waals surface area contributed by atoms with E-state index in [2.05, 4.69) is 5.32 Å². The standard InChI is InChI=1S/C13H19ClN2O3/c1-5-16(8-11(17)15-13(2,3)4)12(18)9-6-7-10(14)19-9/h6-7H,5,8H2,1-4H3,(H,15,17). The fraction of sp³-hybridized carbons (Fsp3) is 0.538. The summed E-state index contributed by atoms with van der Waals surface area (Å²) in [5, 5.41) is 2.96. The number of nitrogens with one attached hydrogen (secondary N) is 1. The maximum atomic E-state index is 12.1. The normalized spacial score (nSPS) is 11.2. The zero-order chi connectivity index (χ0) is 14.6. The molecule has 0 aliphatic carbocycles. The van der Waals surface area contributed by atoms with Gasteiger partial charge in [0.1, 0.15) is 0 Å². The first kappa shape index (κ1) is 15.6. The topological polar surface area (TPSA) is 62.6 Å². The van der Waals surface area contributed by atoms with Gasteiger partial charge in [-0.1, -0.05) is 0 Å². The third-order valence-corrected chi connectivity index (χ3v) is 2.50. The summed E-state index contributed by atoms with van der Waals surface area (Å²) in [6.07, 6.45) is 0. The number of hydrogen-bond acceptors (Lipinski definition) is 3. The van der Waals surface area contributed by atoms with Crippen LogP contribution in [0.3, 0.4) is 0 Å². The van der Waals surface area contributed by atoms with Crippen molar-refractivity contribution in [1.82, 2.24) is 10.2 Å². The van der Waals surface area contributed by atoms with E-state index in [1.807, 2.05) is 20.8 Å². The molecule has 5 nitrogen and oxygen atoms in total. The van der Waals surface area contributed by atoms with Gasteiger partial charge in [-0.05, 0) is 51.4 Å². The third-order valence-electron chi connectivity index (χ3n) is 2.30. The molecule has 106 valence electrons. The van der Waals surface area contributed by atoms with Crippen LogP contribution in [0.2, 0.25) is 5.22 Å². The van der Waals surface area contributed by atoms with Crippen LogP contribution in [0.1, 0.15) is 38.2 Å². The Morgan fingerprint density at radius 3 is 2.42 bits per heavy atom. The Kier molecular flexibility index (Phi) is 5.00. The lowest BCUT2D eigenvalue weighted by atomic mass is 10.1. The van der Waals surface area contributed by atoms with E-state index in [-0.39, 0.29) is 34.9 Å². The minimum absolute atomic E-state index is 0.00901. The zero-order valence-electron chi connectivity index (χ0n) is 11.6. The number of halogens is 1. The molecule has 19 heavy (non-hydrogen) atoms. The van der Waals surface area contributed by atoms with E-state index in [0.29, 0.717) is 6.54 Å². The van der Waals surface area contributed by atoms with Crippen molar-refractivity contribution in [2.45, 2.75) is 33.2 Å². The molecule has 0 aliphatic heterocycles. The van der Waals surface area contributed by atoms with Crippen molar-refractivity contribution < 1.29 is 14.0 Å². The second-order valence-electron chi connectivity index (χ2n) is 5.22. The molecule has 1 N–H and O–H groups in total. The van der Waals surface area contributed by atoms with Crippen molar-refractivity contribution in [3.05, 3.63) is 23.1 Å². The average molecular weight is 287 g/mol.